The first kappa shape index (κ1) is 19.4. The van der Waals surface area contributed by atoms with E-state index in [-0.39, 0.29) is 22.8 Å². The molecule has 0 amide bonds. The molecule has 0 saturated carbocycles. The predicted octanol–water partition coefficient (Wildman–Crippen LogP) is 2.70. The van der Waals surface area contributed by atoms with Crippen LogP contribution in [-0.4, -0.2) is 39.1 Å². The molecule has 2 heterocycles. The Morgan fingerprint density at radius 2 is 1.83 bits per heavy atom. The van der Waals surface area contributed by atoms with E-state index < -0.39 is 23.6 Å². The van der Waals surface area contributed by atoms with Crippen molar-refractivity contribution in [3.63, 3.8) is 0 Å². The maximum Gasteiger partial charge on any atom is 0.355 e. The molecule has 0 spiro atoms. The van der Waals surface area contributed by atoms with Crippen molar-refractivity contribution in [1.82, 2.24) is 20.2 Å². The number of Topliss-reactive ketones (excluding diaryl/α,β-unsaturated/α-hetero) is 1. The van der Waals surface area contributed by atoms with Gasteiger partial charge in [-0.2, -0.15) is 4.68 Å². The third-order valence-corrected chi connectivity index (χ3v) is 4.96. The Hall–Kier alpha value is -3.88. The van der Waals surface area contributed by atoms with E-state index in [0.29, 0.717) is 5.56 Å². The Balaban J connectivity index is 1.92. The summed E-state index contributed by atoms with van der Waals surface area (Å²) in [4.78, 5) is 26.0. The number of ketones is 1. The number of fused-ring (bicyclic) bond motifs is 1. The van der Waals surface area contributed by atoms with E-state index >= 15 is 0 Å². The highest BCUT2D eigenvalue weighted by Gasteiger charge is 2.38. The number of tetrazole rings is 1. The molecule has 0 aliphatic carbocycles. The van der Waals surface area contributed by atoms with E-state index in [2.05, 4.69) is 20.8 Å². The zero-order valence-electron chi connectivity index (χ0n) is 16.3. The number of esters is 1. The molecule has 30 heavy (non-hydrogen) atoms. The van der Waals surface area contributed by atoms with Crippen molar-refractivity contribution in [1.29, 1.82) is 0 Å². The van der Waals surface area contributed by atoms with Crippen molar-refractivity contribution >= 4 is 17.7 Å². The summed E-state index contributed by atoms with van der Waals surface area (Å²) >= 11 is 0. The molecule has 152 valence electrons. The van der Waals surface area contributed by atoms with Gasteiger partial charge in [0.25, 0.3) is 0 Å². The Labute approximate surface area is 171 Å². The lowest BCUT2D eigenvalue weighted by Crippen LogP contribution is -2.33. The Bertz CT molecular complexity index is 1140. The van der Waals surface area contributed by atoms with Crippen LogP contribution in [0.5, 0.6) is 0 Å². The number of halogens is 1. The van der Waals surface area contributed by atoms with Gasteiger partial charge in [-0.25, -0.2) is 9.18 Å². The van der Waals surface area contributed by atoms with Gasteiger partial charge in [0.1, 0.15) is 17.6 Å². The van der Waals surface area contributed by atoms with Crippen LogP contribution in [0.4, 0.5) is 10.3 Å². The van der Waals surface area contributed by atoms with Crippen LogP contribution in [0.25, 0.3) is 0 Å². The summed E-state index contributed by atoms with van der Waals surface area (Å²) in [5.74, 6) is -1.46. The third-order valence-electron chi connectivity index (χ3n) is 4.96. The largest absolute Gasteiger partial charge is 0.464 e. The minimum atomic E-state index is -0.770. The second-order valence-electron chi connectivity index (χ2n) is 6.69. The van der Waals surface area contributed by atoms with E-state index in [1.54, 1.807) is 0 Å². The first-order valence-electron chi connectivity index (χ1n) is 9.30. The number of rotatable bonds is 5. The van der Waals surface area contributed by atoms with Crippen LogP contribution < -0.4 is 5.32 Å². The number of benzene rings is 2. The number of allylic oxidation sites excluding steroid dienone is 1. The second kappa shape index (κ2) is 7.86. The van der Waals surface area contributed by atoms with E-state index in [9.17, 15) is 14.0 Å². The molecule has 3 aromatic rings. The minimum Gasteiger partial charge on any atom is -0.464 e. The molecule has 0 bridgehead atoms. The topological polar surface area (TPSA) is 99.0 Å². The summed E-state index contributed by atoms with van der Waals surface area (Å²) in [6.07, 6.45) is 0.854. The summed E-state index contributed by atoms with van der Waals surface area (Å²) in [6, 6.07) is 12.0. The van der Waals surface area contributed by atoms with Crippen molar-refractivity contribution in [2.45, 2.75) is 19.4 Å². The molecular weight excluding hydrogens is 389 g/mol. The molecule has 1 N–H and O–H groups in total. The van der Waals surface area contributed by atoms with Gasteiger partial charge in [-0.15, -0.1) is 0 Å². The molecule has 0 radical (unpaired) electrons. The highest BCUT2D eigenvalue weighted by atomic mass is 19.1. The average Bonchev–Trinajstić information content (AvgIpc) is 3.26. The molecule has 0 fully saturated rings. The zero-order valence-corrected chi connectivity index (χ0v) is 16.3. The lowest BCUT2D eigenvalue weighted by molar-refractivity contribution is -0.136. The number of ether oxygens (including phenoxy) is 1. The van der Waals surface area contributed by atoms with Gasteiger partial charge in [0.2, 0.25) is 5.95 Å². The SMILES string of the molecule is CCc1ccc([C@H]2C(C(=O)c3ccc(F)cc3)=C(C(=O)OC)Nc3nnnn32)cc1. The summed E-state index contributed by atoms with van der Waals surface area (Å²) in [6.45, 7) is 2.04. The van der Waals surface area contributed by atoms with E-state index in [1.807, 2.05) is 31.2 Å². The zero-order chi connectivity index (χ0) is 21.3. The standard InChI is InChI=1S/C21H18FN5O3/c1-3-12-4-6-13(7-5-12)18-16(19(28)14-8-10-15(22)11-9-14)17(20(29)30-2)23-21-24-25-26-27(18)21/h4-11,18H,3H2,1-2H3,(H,23,24,26)/t18-/m0/s1. The van der Waals surface area contributed by atoms with Gasteiger partial charge in [0.15, 0.2) is 5.78 Å². The molecule has 1 atom stereocenters. The minimum absolute atomic E-state index is 0.0568. The van der Waals surface area contributed by atoms with Crippen molar-refractivity contribution in [3.8, 4) is 0 Å². The van der Waals surface area contributed by atoms with Gasteiger partial charge in [-0.05, 0) is 52.2 Å². The Kier molecular flexibility index (Phi) is 5.09. The summed E-state index contributed by atoms with van der Waals surface area (Å²) in [5, 5.41) is 14.4. The average molecular weight is 407 g/mol. The number of aryl methyl sites for hydroxylation is 1. The summed E-state index contributed by atoms with van der Waals surface area (Å²) < 4.78 is 19.7. The van der Waals surface area contributed by atoms with Crippen molar-refractivity contribution in [2.24, 2.45) is 0 Å². The molecule has 0 unspecified atom stereocenters. The quantitative estimate of drug-likeness (QED) is 0.513. The van der Waals surface area contributed by atoms with Gasteiger partial charge in [0, 0.05) is 5.56 Å². The number of carbonyl (C=O) groups excluding carboxylic acids is 2. The number of nitrogens with one attached hydrogen (secondary N) is 1. The van der Waals surface area contributed by atoms with Crippen LogP contribution in [0.1, 0.15) is 34.5 Å². The molecule has 1 aliphatic heterocycles. The van der Waals surface area contributed by atoms with E-state index in [1.165, 1.54) is 36.1 Å². The van der Waals surface area contributed by atoms with Gasteiger partial charge >= 0.3 is 5.97 Å². The highest BCUT2D eigenvalue weighted by Crippen LogP contribution is 2.36. The number of anilines is 1. The van der Waals surface area contributed by atoms with Crippen molar-refractivity contribution in [2.75, 3.05) is 12.4 Å². The van der Waals surface area contributed by atoms with Crippen LogP contribution in [0.3, 0.4) is 0 Å². The first-order chi connectivity index (χ1) is 14.5. The van der Waals surface area contributed by atoms with Crippen molar-refractivity contribution < 1.29 is 18.7 Å². The van der Waals surface area contributed by atoms with Crippen LogP contribution in [0.2, 0.25) is 0 Å². The van der Waals surface area contributed by atoms with Crippen molar-refractivity contribution in [3.05, 3.63) is 82.3 Å². The smallest absolute Gasteiger partial charge is 0.355 e. The van der Waals surface area contributed by atoms with Crippen LogP contribution in [0.15, 0.2) is 59.8 Å². The van der Waals surface area contributed by atoms with Crippen LogP contribution in [-0.2, 0) is 16.0 Å². The predicted molar refractivity (Wildman–Crippen MR) is 105 cm³/mol. The molecule has 8 nitrogen and oxygen atoms in total. The first-order valence-corrected chi connectivity index (χ1v) is 9.30. The maximum absolute atomic E-state index is 13.5. The summed E-state index contributed by atoms with van der Waals surface area (Å²) in [7, 11) is 1.22. The number of aromatic nitrogens is 4. The highest BCUT2D eigenvalue weighted by molar-refractivity contribution is 6.14. The number of hydrogen-bond donors (Lipinski definition) is 1. The second-order valence-corrected chi connectivity index (χ2v) is 6.69. The van der Waals surface area contributed by atoms with Gasteiger partial charge < -0.3 is 10.1 Å². The fraction of sp³-hybridized carbons (Fsp3) is 0.190. The van der Waals surface area contributed by atoms with E-state index in [4.69, 9.17) is 4.74 Å². The third kappa shape index (κ3) is 3.34. The molecule has 2 aromatic carbocycles. The molecule has 9 heteroatoms. The van der Waals surface area contributed by atoms with Crippen LogP contribution in [0, 0.1) is 5.82 Å². The molecule has 4 rings (SSSR count). The Morgan fingerprint density at radius 1 is 1.13 bits per heavy atom. The number of hydrogen-bond acceptors (Lipinski definition) is 7. The Morgan fingerprint density at radius 3 is 2.47 bits per heavy atom. The fourth-order valence-corrected chi connectivity index (χ4v) is 3.39. The van der Waals surface area contributed by atoms with Gasteiger partial charge in [0.05, 0.1) is 12.7 Å². The molecule has 1 aliphatic rings. The number of carbonyl (C=O) groups is 2. The molecule has 1 aromatic heterocycles. The summed E-state index contributed by atoms with van der Waals surface area (Å²) in [5.41, 5.74) is 2.11. The normalized spacial score (nSPS) is 15.4. The van der Waals surface area contributed by atoms with Crippen LogP contribution >= 0.6 is 0 Å². The maximum atomic E-state index is 13.5. The fourth-order valence-electron chi connectivity index (χ4n) is 3.39. The monoisotopic (exact) mass is 407 g/mol. The lowest BCUT2D eigenvalue weighted by Gasteiger charge is -2.28. The molecular formula is C21H18FN5O3. The van der Waals surface area contributed by atoms with Gasteiger partial charge in [-0.1, -0.05) is 36.3 Å². The van der Waals surface area contributed by atoms with Gasteiger partial charge in [-0.3, -0.25) is 4.79 Å². The van der Waals surface area contributed by atoms with E-state index in [0.717, 1.165) is 12.0 Å². The molecule has 0 saturated heterocycles. The lowest BCUT2D eigenvalue weighted by atomic mass is 9.89. The number of nitrogens with zero attached hydrogens (tertiary/aromatic N) is 4. The number of methoxy groups -OCH3 is 1.